The molecule has 0 atom stereocenters. The molecule has 1 saturated carbocycles. The zero-order chi connectivity index (χ0) is 12.6. The minimum Gasteiger partial charge on any atom is -0.380 e. The monoisotopic (exact) mass is 249 g/mol. The lowest BCUT2D eigenvalue weighted by atomic mass is 9.75. The molecule has 1 aromatic rings. The second-order valence-corrected chi connectivity index (χ2v) is 6.07. The Balaban J connectivity index is 1.47. The van der Waals surface area contributed by atoms with Gasteiger partial charge >= 0.3 is 0 Å². The largest absolute Gasteiger partial charge is 0.380 e. The van der Waals surface area contributed by atoms with Gasteiger partial charge in [-0.15, -0.1) is 0 Å². The Morgan fingerprint density at radius 1 is 1.33 bits per heavy atom. The van der Waals surface area contributed by atoms with Crippen LogP contribution in [0, 0.1) is 11.2 Å². The highest BCUT2D eigenvalue weighted by atomic mass is 19.1. The van der Waals surface area contributed by atoms with Crippen molar-refractivity contribution in [2.24, 2.45) is 5.41 Å². The third kappa shape index (κ3) is 2.29. The van der Waals surface area contributed by atoms with Crippen molar-refractivity contribution in [3.8, 4) is 0 Å². The van der Waals surface area contributed by atoms with Crippen LogP contribution in [-0.4, -0.2) is 25.8 Å². The van der Waals surface area contributed by atoms with Crippen LogP contribution < -0.4 is 5.32 Å². The molecule has 0 amide bonds. The van der Waals surface area contributed by atoms with E-state index in [2.05, 4.69) is 12.2 Å². The van der Waals surface area contributed by atoms with Gasteiger partial charge in [0.25, 0.3) is 0 Å². The molecule has 2 aliphatic rings. The fraction of sp³-hybridized carbons (Fsp3) is 0.600. The third-order valence-corrected chi connectivity index (χ3v) is 4.20. The molecule has 0 aromatic heterocycles. The molecule has 1 aromatic carbocycles. The predicted octanol–water partition coefficient (Wildman–Crippen LogP) is 2.70. The van der Waals surface area contributed by atoms with E-state index in [1.807, 2.05) is 12.1 Å². The van der Waals surface area contributed by atoms with E-state index in [0.717, 1.165) is 38.2 Å². The number of hydrogen-bond acceptors (Lipinski definition) is 2. The fourth-order valence-corrected chi connectivity index (χ4v) is 2.79. The highest BCUT2D eigenvalue weighted by molar-refractivity contribution is 5.24. The van der Waals surface area contributed by atoms with Crippen LogP contribution in [0.25, 0.3) is 0 Å². The molecule has 98 valence electrons. The van der Waals surface area contributed by atoms with E-state index < -0.39 is 0 Å². The smallest absolute Gasteiger partial charge is 0.126 e. The number of nitrogens with one attached hydrogen (secondary N) is 1. The van der Waals surface area contributed by atoms with Crippen LogP contribution in [-0.2, 0) is 4.74 Å². The summed E-state index contributed by atoms with van der Waals surface area (Å²) in [5.41, 5.74) is 1.21. The highest BCUT2D eigenvalue weighted by Crippen LogP contribution is 2.38. The van der Waals surface area contributed by atoms with Crippen LogP contribution in [0.4, 0.5) is 4.39 Å². The van der Waals surface area contributed by atoms with E-state index >= 15 is 0 Å². The Labute approximate surface area is 108 Å². The van der Waals surface area contributed by atoms with Crippen LogP contribution in [0.15, 0.2) is 24.3 Å². The SMILES string of the molecule is CC1(CNC2CC(c3ccccc3F)C2)COC1. The van der Waals surface area contributed by atoms with Crippen molar-refractivity contribution in [1.82, 2.24) is 5.32 Å². The molecule has 3 rings (SSSR count). The van der Waals surface area contributed by atoms with Crippen molar-refractivity contribution in [2.75, 3.05) is 19.8 Å². The summed E-state index contributed by atoms with van der Waals surface area (Å²) in [7, 11) is 0. The summed E-state index contributed by atoms with van der Waals surface area (Å²) < 4.78 is 18.8. The summed E-state index contributed by atoms with van der Waals surface area (Å²) >= 11 is 0. The van der Waals surface area contributed by atoms with E-state index in [1.54, 1.807) is 12.1 Å². The Kier molecular flexibility index (Phi) is 3.12. The summed E-state index contributed by atoms with van der Waals surface area (Å²) in [6.07, 6.45) is 2.11. The third-order valence-electron chi connectivity index (χ3n) is 4.20. The maximum absolute atomic E-state index is 13.6. The maximum atomic E-state index is 13.6. The molecule has 1 saturated heterocycles. The van der Waals surface area contributed by atoms with Gasteiger partial charge < -0.3 is 10.1 Å². The average molecular weight is 249 g/mol. The molecule has 18 heavy (non-hydrogen) atoms. The zero-order valence-corrected chi connectivity index (χ0v) is 10.8. The predicted molar refractivity (Wildman–Crippen MR) is 69.1 cm³/mol. The Morgan fingerprint density at radius 2 is 2.06 bits per heavy atom. The number of hydrogen-bond donors (Lipinski definition) is 1. The molecule has 1 N–H and O–H groups in total. The first-order chi connectivity index (χ1) is 8.66. The summed E-state index contributed by atoms with van der Waals surface area (Å²) in [5, 5.41) is 3.58. The minimum absolute atomic E-state index is 0.0553. The number of rotatable bonds is 4. The molecule has 0 unspecified atom stereocenters. The second-order valence-electron chi connectivity index (χ2n) is 6.07. The molecule has 2 fully saturated rings. The van der Waals surface area contributed by atoms with Gasteiger partial charge in [0.2, 0.25) is 0 Å². The molecule has 0 bridgehead atoms. The lowest BCUT2D eigenvalue weighted by Crippen LogP contribution is -2.51. The van der Waals surface area contributed by atoms with Gasteiger partial charge in [-0.05, 0) is 30.4 Å². The zero-order valence-electron chi connectivity index (χ0n) is 10.8. The summed E-state index contributed by atoms with van der Waals surface area (Å²) in [6, 6.07) is 7.70. The van der Waals surface area contributed by atoms with Crippen LogP contribution in [0.2, 0.25) is 0 Å². The van der Waals surface area contributed by atoms with Crippen molar-refractivity contribution in [3.63, 3.8) is 0 Å². The molecule has 2 nitrogen and oxygen atoms in total. The average Bonchev–Trinajstić information content (AvgIpc) is 2.27. The van der Waals surface area contributed by atoms with Gasteiger partial charge in [-0.3, -0.25) is 0 Å². The molecule has 1 aliphatic carbocycles. The van der Waals surface area contributed by atoms with E-state index in [1.165, 1.54) is 0 Å². The van der Waals surface area contributed by atoms with E-state index in [4.69, 9.17) is 4.74 Å². The van der Waals surface area contributed by atoms with Gasteiger partial charge in [0, 0.05) is 18.0 Å². The minimum atomic E-state index is -0.0553. The maximum Gasteiger partial charge on any atom is 0.126 e. The molecule has 0 spiro atoms. The Morgan fingerprint density at radius 3 is 2.67 bits per heavy atom. The highest BCUT2D eigenvalue weighted by Gasteiger charge is 2.36. The Hall–Kier alpha value is -0.930. The molecule has 1 aliphatic heterocycles. The van der Waals surface area contributed by atoms with E-state index in [9.17, 15) is 4.39 Å². The van der Waals surface area contributed by atoms with Crippen molar-refractivity contribution >= 4 is 0 Å². The first-order valence-corrected chi connectivity index (χ1v) is 6.72. The van der Waals surface area contributed by atoms with Crippen molar-refractivity contribution < 1.29 is 9.13 Å². The first-order valence-electron chi connectivity index (χ1n) is 6.72. The topological polar surface area (TPSA) is 21.3 Å². The lowest BCUT2D eigenvalue weighted by molar-refractivity contribution is -0.101. The van der Waals surface area contributed by atoms with Crippen LogP contribution in [0.1, 0.15) is 31.2 Å². The van der Waals surface area contributed by atoms with Crippen LogP contribution in [0.3, 0.4) is 0 Å². The van der Waals surface area contributed by atoms with Gasteiger partial charge in [0.1, 0.15) is 5.82 Å². The summed E-state index contributed by atoms with van der Waals surface area (Å²) in [4.78, 5) is 0. The standard InChI is InChI=1S/C15H20FNO/c1-15(9-18-10-15)8-17-12-6-11(7-12)13-4-2-3-5-14(13)16/h2-5,11-12,17H,6-10H2,1H3. The van der Waals surface area contributed by atoms with Gasteiger partial charge in [0.15, 0.2) is 0 Å². The summed E-state index contributed by atoms with van der Waals surface area (Å²) in [6.45, 7) is 4.99. The lowest BCUT2D eigenvalue weighted by Gasteiger charge is -2.42. The van der Waals surface area contributed by atoms with Crippen molar-refractivity contribution in [2.45, 2.75) is 31.7 Å². The number of halogens is 1. The van der Waals surface area contributed by atoms with Crippen molar-refractivity contribution in [1.29, 1.82) is 0 Å². The van der Waals surface area contributed by atoms with Gasteiger partial charge in [-0.2, -0.15) is 0 Å². The quantitative estimate of drug-likeness (QED) is 0.886. The molecule has 1 heterocycles. The van der Waals surface area contributed by atoms with E-state index in [-0.39, 0.29) is 5.82 Å². The molecular formula is C15H20FNO. The van der Waals surface area contributed by atoms with Gasteiger partial charge in [0.05, 0.1) is 13.2 Å². The van der Waals surface area contributed by atoms with Crippen molar-refractivity contribution in [3.05, 3.63) is 35.6 Å². The number of benzene rings is 1. The van der Waals surface area contributed by atoms with Crippen LogP contribution >= 0.6 is 0 Å². The first kappa shape index (κ1) is 12.1. The second kappa shape index (κ2) is 4.63. The van der Waals surface area contributed by atoms with E-state index in [0.29, 0.717) is 17.4 Å². The Bertz CT molecular complexity index is 424. The van der Waals surface area contributed by atoms with Gasteiger partial charge in [-0.25, -0.2) is 4.39 Å². The number of ether oxygens (including phenoxy) is 1. The van der Waals surface area contributed by atoms with Gasteiger partial charge in [-0.1, -0.05) is 25.1 Å². The molecule has 3 heteroatoms. The fourth-order valence-electron chi connectivity index (χ4n) is 2.79. The van der Waals surface area contributed by atoms with Crippen LogP contribution in [0.5, 0.6) is 0 Å². The molecule has 0 radical (unpaired) electrons. The summed E-state index contributed by atoms with van der Waals surface area (Å²) in [5.74, 6) is 0.342. The molecular weight excluding hydrogens is 229 g/mol. The normalized spacial score (nSPS) is 29.4.